The first-order chi connectivity index (χ1) is 9.68. The second kappa shape index (κ2) is 5.12. The summed E-state index contributed by atoms with van der Waals surface area (Å²) in [6.07, 6.45) is 0.931. The molecule has 0 N–H and O–H groups in total. The summed E-state index contributed by atoms with van der Waals surface area (Å²) in [6.45, 7) is 2.87. The van der Waals surface area contributed by atoms with Crippen LogP contribution < -0.4 is 0 Å². The third-order valence-electron chi connectivity index (χ3n) is 4.21. The van der Waals surface area contributed by atoms with Crippen molar-refractivity contribution in [2.75, 3.05) is 13.6 Å². The van der Waals surface area contributed by atoms with Crippen molar-refractivity contribution in [2.24, 2.45) is 0 Å². The molecular formula is C18H19NO. The van der Waals surface area contributed by atoms with E-state index in [1.54, 1.807) is 0 Å². The molecule has 1 heterocycles. The molecule has 2 nitrogen and oxygen atoms in total. The van der Waals surface area contributed by atoms with Crippen molar-refractivity contribution in [1.29, 1.82) is 0 Å². The van der Waals surface area contributed by atoms with E-state index in [0.29, 0.717) is 0 Å². The molecule has 2 aromatic carbocycles. The zero-order valence-corrected chi connectivity index (χ0v) is 12.0. The lowest BCUT2D eigenvalue weighted by atomic mass is 9.85. The lowest BCUT2D eigenvalue weighted by Crippen LogP contribution is -2.31. The molecule has 0 fully saturated rings. The van der Waals surface area contributed by atoms with E-state index in [9.17, 15) is 4.79 Å². The van der Waals surface area contributed by atoms with Gasteiger partial charge in [0.25, 0.3) is 0 Å². The van der Waals surface area contributed by atoms with E-state index in [1.165, 1.54) is 11.1 Å². The zero-order chi connectivity index (χ0) is 14.1. The number of nitrogens with zero attached hydrogens (tertiary/aromatic N) is 1. The normalized spacial score (nSPS) is 18.6. The fourth-order valence-electron chi connectivity index (χ4n) is 3.01. The zero-order valence-electron chi connectivity index (χ0n) is 12.0. The quantitative estimate of drug-likeness (QED) is 0.775. The summed E-state index contributed by atoms with van der Waals surface area (Å²) in [5.41, 5.74) is 4.75. The lowest BCUT2D eigenvalue weighted by Gasteiger charge is -2.22. The van der Waals surface area contributed by atoms with Gasteiger partial charge in [-0.25, -0.2) is 0 Å². The van der Waals surface area contributed by atoms with Gasteiger partial charge in [0, 0.05) is 13.6 Å². The van der Waals surface area contributed by atoms with Crippen molar-refractivity contribution in [1.82, 2.24) is 4.90 Å². The standard InChI is InChI=1S/C18H19NO/c1-13-7-3-5-9-15(13)17-16-10-6-4-8-14(16)11-12-19(2)18(17)20/h3-10,17H,11-12H2,1-2H3/t17-/m1/s1. The van der Waals surface area contributed by atoms with Gasteiger partial charge in [-0.1, -0.05) is 48.5 Å². The van der Waals surface area contributed by atoms with Crippen LogP contribution in [0.15, 0.2) is 48.5 Å². The Hall–Kier alpha value is -2.09. The molecule has 2 heteroatoms. The molecule has 1 aliphatic heterocycles. The van der Waals surface area contributed by atoms with Gasteiger partial charge in [-0.15, -0.1) is 0 Å². The fourth-order valence-corrected chi connectivity index (χ4v) is 3.01. The van der Waals surface area contributed by atoms with Crippen LogP contribution in [0.1, 0.15) is 28.2 Å². The third-order valence-corrected chi connectivity index (χ3v) is 4.21. The van der Waals surface area contributed by atoms with Gasteiger partial charge >= 0.3 is 0 Å². The minimum Gasteiger partial charge on any atom is -0.345 e. The molecule has 20 heavy (non-hydrogen) atoms. The molecule has 1 aliphatic rings. The van der Waals surface area contributed by atoms with Gasteiger partial charge in [-0.3, -0.25) is 4.79 Å². The molecule has 102 valence electrons. The Morgan fingerprint density at radius 3 is 2.40 bits per heavy atom. The first-order valence-corrected chi connectivity index (χ1v) is 7.07. The number of aryl methyl sites for hydroxylation is 1. The first kappa shape index (κ1) is 12.9. The Balaban J connectivity index is 2.20. The van der Waals surface area contributed by atoms with Crippen LogP contribution in [0.25, 0.3) is 0 Å². The fraction of sp³-hybridized carbons (Fsp3) is 0.278. The van der Waals surface area contributed by atoms with Crippen molar-refractivity contribution in [3.05, 3.63) is 70.8 Å². The van der Waals surface area contributed by atoms with Gasteiger partial charge in [0.05, 0.1) is 5.92 Å². The highest BCUT2D eigenvalue weighted by Crippen LogP contribution is 2.33. The monoisotopic (exact) mass is 265 g/mol. The number of likely N-dealkylation sites (N-methyl/N-ethyl adjacent to an activating group) is 1. The molecule has 0 saturated carbocycles. The van der Waals surface area contributed by atoms with Crippen LogP contribution in [0.5, 0.6) is 0 Å². The molecular weight excluding hydrogens is 246 g/mol. The number of rotatable bonds is 1. The first-order valence-electron chi connectivity index (χ1n) is 7.07. The van der Waals surface area contributed by atoms with Gasteiger partial charge in [0.2, 0.25) is 5.91 Å². The minimum absolute atomic E-state index is 0.167. The van der Waals surface area contributed by atoms with Gasteiger partial charge in [0.15, 0.2) is 0 Å². The summed E-state index contributed by atoms with van der Waals surface area (Å²) in [6, 6.07) is 16.5. The van der Waals surface area contributed by atoms with Crippen molar-refractivity contribution in [2.45, 2.75) is 19.3 Å². The van der Waals surface area contributed by atoms with Crippen LogP contribution in [0.4, 0.5) is 0 Å². The maximum atomic E-state index is 12.8. The number of amides is 1. The summed E-state index contributed by atoms with van der Waals surface area (Å²) in [5, 5.41) is 0. The SMILES string of the molecule is Cc1ccccc1[C@H]1C(=O)N(C)CCc2ccccc21. The van der Waals surface area contributed by atoms with Crippen molar-refractivity contribution >= 4 is 5.91 Å². The summed E-state index contributed by atoms with van der Waals surface area (Å²) in [5.74, 6) is 0.0316. The van der Waals surface area contributed by atoms with Crippen molar-refractivity contribution < 1.29 is 4.79 Å². The van der Waals surface area contributed by atoms with Gasteiger partial charge < -0.3 is 4.90 Å². The molecule has 3 rings (SSSR count). The number of benzene rings is 2. The smallest absolute Gasteiger partial charge is 0.234 e. The van der Waals surface area contributed by atoms with E-state index >= 15 is 0 Å². The van der Waals surface area contributed by atoms with Crippen LogP contribution in [-0.2, 0) is 11.2 Å². The van der Waals surface area contributed by atoms with Gasteiger partial charge in [-0.2, -0.15) is 0 Å². The third kappa shape index (κ3) is 2.11. The van der Waals surface area contributed by atoms with Crippen LogP contribution in [0.2, 0.25) is 0 Å². The van der Waals surface area contributed by atoms with Gasteiger partial charge in [-0.05, 0) is 35.6 Å². The van der Waals surface area contributed by atoms with Gasteiger partial charge in [0.1, 0.15) is 0 Å². The molecule has 0 bridgehead atoms. The van der Waals surface area contributed by atoms with E-state index in [-0.39, 0.29) is 11.8 Å². The van der Waals surface area contributed by atoms with Crippen LogP contribution in [0, 0.1) is 6.92 Å². The minimum atomic E-state index is -0.167. The molecule has 0 aromatic heterocycles. The Morgan fingerprint density at radius 1 is 1.00 bits per heavy atom. The number of carbonyl (C=O) groups is 1. The molecule has 1 atom stereocenters. The van der Waals surface area contributed by atoms with Crippen molar-refractivity contribution in [3.8, 4) is 0 Å². The van der Waals surface area contributed by atoms with E-state index in [2.05, 4.69) is 37.3 Å². The van der Waals surface area contributed by atoms with E-state index in [4.69, 9.17) is 0 Å². The van der Waals surface area contributed by atoms with Crippen LogP contribution in [0.3, 0.4) is 0 Å². The largest absolute Gasteiger partial charge is 0.345 e. The maximum absolute atomic E-state index is 12.8. The Morgan fingerprint density at radius 2 is 1.65 bits per heavy atom. The summed E-state index contributed by atoms with van der Waals surface area (Å²) >= 11 is 0. The Bertz CT molecular complexity index is 647. The molecule has 1 amide bonds. The Kier molecular flexibility index (Phi) is 3.31. The second-order valence-corrected chi connectivity index (χ2v) is 5.50. The summed E-state index contributed by atoms with van der Waals surface area (Å²) < 4.78 is 0. The predicted molar refractivity (Wildman–Crippen MR) is 80.8 cm³/mol. The predicted octanol–water partition coefficient (Wildman–Crippen LogP) is 3.14. The van der Waals surface area contributed by atoms with E-state index < -0.39 is 0 Å². The maximum Gasteiger partial charge on any atom is 0.234 e. The van der Waals surface area contributed by atoms with Crippen LogP contribution in [-0.4, -0.2) is 24.4 Å². The summed E-state index contributed by atoms with van der Waals surface area (Å²) in [4.78, 5) is 14.6. The van der Waals surface area contributed by atoms with E-state index in [1.807, 2.05) is 30.1 Å². The van der Waals surface area contributed by atoms with E-state index in [0.717, 1.165) is 24.1 Å². The average molecular weight is 265 g/mol. The van der Waals surface area contributed by atoms with Crippen LogP contribution >= 0.6 is 0 Å². The molecule has 0 radical (unpaired) electrons. The second-order valence-electron chi connectivity index (χ2n) is 5.50. The molecule has 0 unspecified atom stereocenters. The topological polar surface area (TPSA) is 20.3 Å². The number of fused-ring (bicyclic) bond motifs is 1. The highest BCUT2D eigenvalue weighted by atomic mass is 16.2. The highest BCUT2D eigenvalue weighted by molar-refractivity contribution is 5.88. The number of hydrogen-bond acceptors (Lipinski definition) is 1. The molecule has 2 aromatic rings. The molecule has 0 spiro atoms. The molecule has 0 saturated heterocycles. The number of carbonyl (C=O) groups excluding carboxylic acids is 1. The van der Waals surface area contributed by atoms with Crippen molar-refractivity contribution in [3.63, 3.8) is 0 Å². The average Bonchev–Trinajstić information content (AvgIpc) is 2.59. The lowest BCUT2D eigenvalue weighted by molar-refractivity contribution is -0.130. The highest BCUT2D eigenvalue weighted by Gasteiger charge is 2.30. The molecule has 0 aliphatic carbocycles. The number of hydrogen-bond donors (Lipinski definition) is 0. The summed E-state index contributed by atoms with van der Waals surface area (Å²) in [7, 11) is 1.90. The Labute approximate surface area is 120 Å².